The molecule has 1 amide bonds. The van der Waals surface area contributed by atoms with Crippen molar-refractivity contribution in [2.24, 2.45) is 0 Å². The molecule has 0 bridgehead atoms. The summed E-state index contributed by atoms with van der Waals surface area (Å²) in [5, 5.41) is 7.47. The van der Waals surface area contributed by atoms with Crippen LogP contribution in [-0.2, 0) is 6.54 Å². The fourth-order valence-electron chi connectivity index (χ4n) is 2.29. The molecule has 1 aromatic heterocycles. The Bertz CT molecular complexity index is 897. The van der Waals surface area contributed by atoms with Crippen molar-refractivity contribution in [1.29, 1.82) is 0 Å². The van der Waals surface area contributed by atoms with E-state index in [4.69, 9.17) is 11.6 Å². The number of hydrogen-bond donors (Lipinski definition) is 1. The molecule has 0 aliphatic heterocycles. The molecular formula is C18H14ClF2N3O2. The minimum Gasteiger partial charge on any atom is -0.435 e. The van der Waals surface area contributed by atoms with Gasteiger partial charge in [0.05, 0.1) is 17.4 Å². The van der Waals surface area contributed by atoms with Gasteiger partial charge in [-0.15, -0.1) is 0 Å². The largest absolute Gasteiger partial charge is 0.435 e. The maximum Gasteiger partial charge on any atom is 0.387 e. The zero-order chi connectivity index (χ0) is 18.5. The Kier molecular flexibility index (Phi) is 5.48. The highest BCUT2D eigenvalue weighted by molar-refractivity contribution is 6.30. The summed E-state index contributed by atoms with van der Waals surface area (Å²) in [5.74, 6) is -0.285. The summed E-state index contributed by atoms with van der Waals surface area (Å²) in [6, 6.07) is 13.2. The van der Waals surface area contributed by atoms with Gasteiger partial charge in [0.15, 0.2) is 0 Å². The van der Waals surface area contributed by atoms with Crippen LogP contribution in [0.5, 0.6) is 5.75 Å². The first-order valence-corrected chi connectivity index (χ1v) is 8.01. The minimum absolute atomic E-state index is 0.0438. The molecule has 0 radical (unpaired) electrons. The monoisotopic (exact) mass is 377 g/mol. The number of carbonyl (C=O) groups excluding carboxylic acids is 1. The number of nitrogens with zero attached hydrogens (tertiary/aromatic N) is 2. The van der Waals surface area contributed by atoms with E-state index < -0.39 is 6.61 Å². The van der Waals surface area contributed by atoms with E-state index in [1.54, 1.807) is 47.3 Å². The smallest absolute Gasteiger partial charge is 0.387 e. The van der Waals surface area contributed by atoms with E-state index in [2.05, 4.69) is 15.2 Å². The number of benzene rings is 2. The Morgan fingerprint density at radius 3 is 2.73 bits per heavy atom. The van der Waals surface area contributed by atoms with Crippen LogP contribution in [0, 0.1) is 0 Å². The molecular weight excluding hydrogens is 364 g/mol. The van der Waals surface area contributed by atoms with Gasteiger partial charge in [-0.25, -0.2) is 4.68 Å². The predicted octanol–water partition coefficient (Wildman–Crippen LogP) is 4.06. The fraction of sp³-hybridized carbons (Fsp3) is 0.111. The second-order valence-corrected chi connectivity index (χ2v) is 5.80. The third-order valence-corrected chi connectivity index (χ3v) is 3.76. The normalized spacial score (nSPS) is 10.8. The first-order chi connectivity index (χ1) is 12.5. The average molecular weight is 378 g/mol. The van der Waals surface area contributed by atoms with Gasteiger partial charge >= 0.3 is 6.61 Å². The van der Waals surface area contributed by atoms with Crippen LogP contribution in [0.4, 0.5) is 8.78 Å². The molecule has 5 nitrogen and oxygen atoms in total. The zero-order valence-corrected chi connectivity index (χ0v) is 14.2. The summed E-state index contributed by atoms with van der Waals surface area (Å²) >= 11 is 5.85. The Labute approximate surface area is 153 Å². The lowest BCUT2D eigenvalue weighted by Gasteiger charge is -2.07. The minimum atomic E-state index is -2.89. The number of halogens is 3. The van der Waals surface area contributed by atoms with Gasteiger partial charge in [0, 0.05) is 17.8 Å². The van der Waals surface area contributed by atoms with Crippen molar-refractivity contribution in [3.63, 3.8) is 0 Å². The van der Waals surface area contributed by atoms with Crippen LogP contribution >= 0.6 is 11.6 Å². The number of nitrogens with one attached hydrogen (secondary N) is 1. The highest BCUT2D eigenvalue weighted by Gasteiger charge is 2.10. The number of alkyl halides is 2. The van der Waals surface area contributed by atoms with Crippen LogP contribution in [0.3, 0.4) is 0 Å². The summed E-state index contributed by atoms with van der Waals surface area (Å²) in [4.78, 5) is 12.2. The molecule has 3 rings (SSSR count). The number of ether oxygens (including phenoxy) is 1. The third-order valence-electron chi connectivity index (χ3n) is 3.51. The first-order valence-electron chi connectivity index (χ1n) is 7.64. The third kappa shape index (κ3) is 4.58. The Morgan fingerprint density at radius 2 is 2.00 bits per heavy atom. The lowest BCUT2D eigenvalue weighted by Crippen LogP contribution is -2.22. The summed E-state index contributed by atoms with van der Waals surface area (Å²) in [5.41, 5.74) is 1.78. The molecule has 1 N–H and O–H groups in total. The summed E-state index contributed by atoms with van der Waals surface area (Å²) in [6.07, 6.45) is 3.04. The first kappa shape index (κ1) is 17.9. The van der Waals surface area contributed by atoms with Gasteiger partial charge in [0.25, 0.3) is 5.91 Å². The van der Waals surface area contributed by atoms with E-state index in [1.165, 1.54) is 18.3 Å². The number of hydrogen-bond acceptors (Lipinski definition) is 3. The molecule has 8 heteroatoms. The van der Waals surface area contributed by atoms with E-state index in [1.807, 2.05) is 0 Å². The second kappa shape index (κ2) is 7.97. The molecule has 0 aliphatic rings. The molecule has 0 saturated carbocycles. The predicted molar refractivity (Wildman–Crippen MR) is 92.8 cm³/mol. The molecule has 26 heavy (non-hydrogen) atoms. The van der Waals surface area contributed by atoms with Crippen LogP contribution in [-0.4, -0.2) is 22.3 Å². The van der Waals surface area contributed by atoms with Gasteiger partial charge < -0.3 is 10.1 Å². The van der Waals surface area contributed by atoms with Crippen molar-refractivity contribution in [3.8, 4) is 11.4 Å². The lowest BCUT2D eigenvalue weighted by molar-refractivity contribution is -0.0498. The summed E-state index contributed by atoms with van der Waals surface area (Å²) < 4.78 is 30.4. The van der Waals surface area contributed by atoms with Crippen LogP contribution in [0.25, 0.3) is 5.69 Å². The number of rotatable bonds is 6. The van der Waals surface area contributed by atoms with Gasteiger partial charge in [-0.1, -0.05) is 23.7 Å². The number of aromatic nitrogens is 2. The Balaban J connectivity index is 1.63. The molecule has 0 aliphatic carbocycles. The number of carbonyl (C=O) groups is 1. The van der Waals surface area contributed by atoms with Crippen molar-refractivity contribution >= 4 is 17.5 Å². The van der Waals surface area contributed by atoms with Gasteiger partial charge in [-0.3, -0.25) is 4.79 Å². The van der Waals surface area contributed by atoms with Crippen LogP contribution < -0.4 is 10.1 Å². The van der Waals surface area contributed by atoms with Crippen molar-refractivity contribution in [1.82, 2.24) is 15.1 Å². The van der Waals surface area contributed by atoms with E-state index >= 15 is 0 Å². The van der Waals surface area contributed by atoms with Gasteiger partial charge in [0.1, 0.15) is 5.75 Å². The van der Waals surface area contributed by atoms with E-state index in [0.29, 0.717) is 16.1 Å². The lowest BCUT2D eigenvalue weighted by atomic mass is 10.2. The van der Waals surface area contributed by atoms with Gasteiger partial charge in [0.2, 0.25) is 0 Å². The molecule has 1 heterocycles. The zero-order valence-electron chi connectivity index (χ0n) is 13.4. The van der Waals surface area contributed by atoms with Crippen LogP contribution in [0.15, 0.2) is 60.9 Å². The molecule has 0 saturated heterocycles. The maximum atomic E-state index is 12.2. The fourth-order valence-corrected chi connectivity index (χ4v) is 2.42. The summed E-state index contributed by atoms with van der Waals surface area (Å²) in [7, 11) is 0. The topological polar surface area (TPSA) is 56.1 Å². The van der Waals surface area contributed by atoms with Crippen molar-refractivity contribution in [2.75, 3.05) is 0 Å². The van der Waals surface area contributed by atoms with E-state index in [9.17, 15) is 13.6 Å². The molecule has 2 aromatic carbocycles. The van der Waals surface area contributed by atoms with E-state index in [-0.39, 0.29) is 18.2 Å². The molecule has 3 aromatic rings. The van der Waals surface area contributed by atoms with Crippen molar-refractivity contribution < 1.29 is 18.3 Å². The summed E-state index contributed by atoms with van der Waals surface area (Å²) in [6.45, 7) is -2.72. The van der Waals surface area contributed by atoms with Gasteiger partial charge in [-0.05, 0) is 42.0 Å². The molecule has 0 spiro atoms. The quantitative estimate of drug-likeness (QED) is 0.705. The highest BCUT2D eigenvalue weighted by Crippen LogP contribution is 2.16. The van der Waals surface area contributed by atoms with Gasteiger partial charge in [-0.2, -0.15) is 13.9 Å². The molecule has 0 unspecified atom stereocenters. The number of amides is 1. The molecule has 134 valence electrons. The SMILES string of the molecule is O=C(NCc1cccc(OC(F)F)c1)c1cnn(-c2ccc(Cl)cc2)c1. The maximum absolute atomic E-state index is 12.2. The highest BCUT2D eigenvalue weighted by atomic mass is 35.5. The molecule has 0 atom stereocenters. The standard InChI is InChI=1S/C18H14ClF2N3O2/c19-14-4-6-15(7-5-14)24-11-13(10-23-24)17(25)22-9-12-2-1-3-16(8-12)26-18(20)21/h1-8,10-11,18H,9H2,(H,22,25). The average Bonchev–Trinajstić information content (AvgIpc) is 3.10. The Morgan fingerprint density at radius 1 is 1.23 bits per heavy atom. The Hall–Kier alpha value is -2.93. The molecule has 0 fully saturated rings. The van der Waals surface area contributed by atoms with Crippen LogP contribution in [0.1, 0.15) is 15.9 Å². The van der Waals surface area contributed by atoms with Crippen molar-refractivity contribution in [3.05, 3.63) is 77.1 Å². The van der Waals surface area contributed by atoms with E-state index in [0.717, 1.165) is 5.69 Å². The van der Waals surface area contributed by atoms with Crippen LogP contribution in [0.2, 0.25) is 5.02 Å². The van der Waals surface area contributed by atoms with Crippen molar-refractivity contribution in [2.45, 2.75) is 13.2 Å². The second-order valence-electron chi connectivity index (χ2n) is 5.36.